The van der Waals surface area contributed by atoms with Crippen molar-refractivity contribution in [2.45, 2.75) is 10.6 Å². The quantitative estimate of drug-likeness (QED) is 0.591. The summed E-state index contributed by atoms with van der Waals surface area (Å²) < 4.78 is 8.81. The minimum absolute atomic E-state index is 0.918. The van der Waals surface area contributed by atoms with Gasteiger partial charge >= 0.3 is 0 Å². The highest BCUT2D eigenvalue weighted by molar-refractivity contribution is 9.10. The second kappa shape index (κ2) is 4.82. The van der Waals surface area contributed by atoms with Crippen LogP contribution in [0.3, 0.4) is 0 Å². The van der Waals surface area contributed by atoms with E-state index in [-0.39, 0.29) is 0 Å². The molecule has 4 rings (SSSR count). The van der Waals surface area contributed by atoms with Crippen LogP contribution in [0.2, 0.25) is 0 Å². The molecular formula is C17H14BrNOS. The van der Waals surface area contributed by atoms with Crippen molar-refractivity contribution in [1.82, 2.24) is 4.57 Å². The SMILES string of the molecule is COc1ccc2c(c1)c1c(n2C)-c2cc(Br)ccc2SC1. The Morgan fingerprint density at radius 1 is 1.19 bits per heavy atom. The van der Waals surface area contributed by atoms with E-state index in [2.05, 4.69) is 57.9 Å². The Morgan fingerprint density at radius 2 is 2.05 bits per heavy atom. The van der Waals surface area contributed by atoms with Gasteiger partial charge in [0.05, 0.1) is 12.8 Å². The molecule has 1 aromatic heterocycles. The highest BCUT2D eigenvalue weighted by atomic mass is 79.9. The molecule has 0 bridgehead atoms. The maximum atomic E-state index is 5.39. The molecule has 0 aliphatic carbocycles. The lowest BCUT2D eigenvalue weighted by Gasteiger charge is -2.18. The summed E-state index contributed by atoms with van der Waals surface area (Å²) in [5, 5.41) is 1.30. The van der Waals surface area contributed by atoms with Crippen LogP contribution in [0, 0.1) is 0 Å². The van der Waals surface area contributed by atoms with Gasteiger partial charge in [-0.2, -0.15) is 0 Å². The van der Waals surface area contributed by atoms with Crippen LogP contribution < -0.4 is 4.74 Å². The van der Waals surface area contributed by atoms with E-state index in [1.54, 1.807) is 7.11 Å². The van der Waals surface area contributed by atoms with E-state index in [1.165, 1.54) is 32.6 Å². The van der Waals surface area contributed by atoms with E-state index >= 15 is 0 Å². The summed E-state index contributed by atoms with van der Waals surface area (Å²) in [6.45, 7) is 0. The first-order chi connectivity index (χ1) is 10.2. The van der Waals surface area contributed by atoms with Crippen molar-refractivity contribution in [3.8, 4) is 17.0 Å². The van der Waals surface area contributed by atoms with E-state index in [9.17, 15) is 0 Å². The fourth-order valence-corrected chi connectivity index (χ4v) is 4.51. The number of aromatic nitrogens is 1. The van der Waals surface area contributed by atoms with Crippen molar-refractivity contribution in [1.29, 1.82) is 0 Å². The van der Waals surface area contributed by atoms with Gasteiger partial charge in [-0.3, -0.25) is 0 Å². The normalized spacial score (nSPS) is 13.1. The number of fused-ring (bicyclic) bond motifs is 5. The molecule has 0 amide bonds. The lowest BCUT2D eigenvalue weighted by Crippen LogP contribution is -1.99. The van der Waals surface area contributed by atoms with Gasteiger partial charge < -0.3 is 9.30 Å². The average molecular weight is 360 g/mol. The molecule has 21 heavy (non-hydrogen) atoms. The third-order valence-corrected chi connectivity index (χ3v) is 5.67. The molecule has 3 aromatic rings. The monoisotopic (exact) mass is 359 g/mol. The summed E-state index contributed by atoms with van der Waals surface area (Å²) in [6.07, 6.45) is 0. The lowest BCUT2D eigenvalue weighted by molar-refractivity contribution is 0.415. The summed E-state index contributed by atoms with van der Waals surface area (Å²) >= 11 is 5.50. The molecule has 0 saturated carbocycles. The van der Waals surface area contributed by atoms with Crippen molar-refractivity contribution < 1.29 is 4.74 Å². The molecule has 2 nitrogen and oxygen atoms in total. The predicted molar refractivity (Wildman–Crippen MR) is 92.2 cm³/mol. The lowest BCUT2D eigenvalue weighted by atomic mass is 10.1. The Balaban J connectivity index is 2.08. The molecule has 1 aliphatic heterocycles. The number of hydrogen-bond donors (Lipinski definition) is 0. The number of aryl methyl sites for hydroxylation is 1. The summed E-state index contributed by atoms with van der Waals surface area (Å²) in [6, 6.07) is 12.9. The minimum Gasteiger partial charge on any atom is -0.497 e. The van der Waals surface area contributed by atoms with Crippen LogP contribution in [-0.4, -0.2) is 11.7 Å². The van der Waals surface area contributed by atoms with Crippen LogP contribution in [0.5, 0.6) is 5.75 Å². The van der Waals surface area contributed by atoms with Gasteiger partial charge in [-0.15, -0.1) is 11.8 Å². The third-order valence-electron chi connectivity index (χ3n) is 4.08. The van der Waals surface area contributed by atoms with Crippen molar-refractivity contribution in [3.05, 3.63) is 46.4 Å². The number of benzene rings is 2. The summed E-state index contributed by atoms with van der Waals surface area (Å²) in [7, 11) is 3.87. The molecule has 0 spiro atoms. The first kappa shape index (κ1) is 13.3. The molecular weight excluding hydrogens is 346 g/mol. The predicted octanol–water partition coefficient (Wildman–Crippen LogP) is 5.22. The molecule has 0 N–H and O–H groups in total. The molecule has 0 unspecified atom stereocenters. The Labute approximate surface area is 136 Å². The first-order valence-corrected chi connectivity index (χ1v) is 8.55. The van der Waals surface area contributed by atoms with E-state index in [4.69, 9.17) is 4.74 Å². The summed E-state index contributed by atoms with van der Waals surface area (Å²) in [5.41, 5.74) is 5.30. The van der Waals surface area contributed by atoms with Gasteiger partial charge in [0.2, 0.25) is 0 Å². The molecule has 0 saturated heterocycles. The maximum Gasteiger partial charge on any atom is 0.119 e. The van der Waals surface area contributed by atoms with Crippen molar-refractivity contribution in [3.63, 3.8) is 0 Å². The minimum atomic E-state index is 0.918. The van der Waals surface area contributed by atoms with Gasteiger partial charge in [0, 0.05) is 38.6 Å². The van der Waals surface area contributed by atoms with Crippen LogP contribution in [-0.2, 0) is 12.8 Å². The summed E-state index contributed by atoms with van der Waals surface area (Å²) in [4.78, 5) is 1.35. The fraction of sp³-hybridized carbons (Fsp3) is 0.176. The topological polar surface area (TPSA) is 14.2 Å². The van der Waals surface area contributed by atoms with E-state index < -0.39 is 0 Å². The molecule has 0 radical (unpaired) electrons. The number of halogens is 1. The van der Waals surface area contributed by atoms with Gasteiger partial charge in [-0.05, 0) is 42.0 Å². The number of methoxy groups -OCH3 is 1. The smallest absolute Gasteiger partial charge is 0.119 e. The van der Waals surface area contributed by atoms with Crippen LogP contribution in [0.25, 0.3) is 22.2 Å². The van der Waals surface area contributed by atoms with Crippen LogP contribution in [0.4, 0.5) is 0 Å². The number of ether oxygens (including phenoxy) is 1. The number of rotatable bonds is 1. The Morgan fingerprint density at radius 3 is 2.86 bits per heavy atom. The van der Waals surface area contributed by atoms with Gasteiger partial charge in [0.25, 0.3) is 0 Å². The van der Waals surface area contributed by atoms with Gasteiger partial charge in [0.15, 0.2) is 0 Å². The molecule has 106 valence electrons. The van der Waals surface area contributed by atoms with Gasteiger partial charge in [-0.1, -0.05) is 15.9 Å². The van der Waals surface area contributed by atoms with Gasteiger partial charge in [0.1, 0.15) is 5.75 Å². The standard InChI is InChI=1S/C17H14BrNOS/c1-19-15-5-4-11(20-2)8-12(15)14-9-21-16-6-3-10(18)7-13(16)17(14)19/h3-8H,9H2,1-2H3. The van der Waals surface area contributed by atoms with Crippen LogP contribution in [0.1, 0.15) is 5.56 Å². The number of thioether (sulfide) groups is 1. The van der Waals surface area contributed by atoms with Crippen LogP contribution >= 0.6 is 27.7 Å². The molecule has 4 heteroatoms. The molecule has 1 aliphatic rings. The van der Waals surface area contributed by atoms with Crippen LogP contribution in [0.15, 0.2) is 45.8 Å². The maximum absolute atomic E-state index is 5.39. The van der Waals surface area contributed by atoms with E-state index in [1.807, 2.05) is 17.8 Å². The highest BCUT2D eigenvalue weighted by Crippen LogP contribution is 2.46. The van der Waals surface area contributed by atoms with Crippen molar-refractivity contribution in [2.24, 2.45) is 7.05 Å². The molecule has 0 atom stereocenters. The van der Waals surface area contributed by atoms with Gasteiger partial charge in [-0.25, -0.2) is 0 Å². The number of hydrogen-bond acceptors (Lipinski definition) is 2. The third kappa shape index (κ3) is 1.93. The zero-order valence-electron chi connectivity index (χ0n) is 11.8. The highest BCUT2D eigenvalue weighted by Gasteiger charge is 2.23. The molecule has 2 heterocycles. The fourth-order valence-electron chi connectivity index (χ4n) is 3.08. The number of nitrogens with zero attached hydrogens (tertiary/aromatic N) is 1. The zero-order chi connectivity index (χ0) is 14.6. The zero-order valence-corrected chi connectivity index (χ0v) is 14.2. The Bertz CT molecular complexity index is 869. The Kier molecular flexibility index (Phi) is 3.05. The Hall–Kier alpha value is -1.39. The van der Waals surface area contributed by atoms with E-state index in [0.717, 1.165) is 16.0 Å². The summed E-state index contributed by atoms with van der Waals surface area (Å²) in [5.74, 6) is 1.93. The second-order valence-corrected chi connectivity index (χ2v) is 7.13. The largest absolute Gasteiger partial charge is 0.497 e. The van der Waals surface area contributed by atoms with E-state index in [0.29, 0.717) is 0 Å². The van der Waals surface area contributed by atoms with Crippen molar-refractivity contribution >= 4 is 38.6 Å². The average Bonchev–Trinajstić information content (AvgIpc) is 2.80. The molecule has 0 fully saturated rings. The van der Waals surface area contributed by atoms with Crippen molar-refractivity contribution in [2.75, 3.05) is 7.11 Å². The molecule has 2 aromatic carbocycles. The second-order valence-electron chi connectivity index (χ2n) is 5.20. The first-order valence-electron chi connectivity index (χ1n) is 6.77.